The van der Waals surface area contributed by atoms with Gasteiger partial charge >= 0.3 is 0 Å². The molecule has 0 aromatic carbocycles. The predicted molar refractivity (Wildman–Crippen MR) is 73.2 cm³/mol. The fourth-order valence-electron chi connectivity index (χ4n) is 2.39. The molecule has 0 saturated carbocycles. The van der Waals surface area contributed by atoms with Crippen molar-refractivity contribution in [2.24, 2.45) is 0 Å². The van der Waals surface area contributed by atoms with Gasteiger partial charge in [-0.25, -0.2) is 0 Å². The normalized spacial score (nSPS) is 11.0. The van der Waals surface area contributed by atoms with Crippen molar-refractivity contribution in [3.8, 4) is 0 Å². The molecule has 0 unspecified atom stereocenters. The number of hydrogen-bond acceptors (Lipinski definition) is 1. The van der Waals surface area contributed by atoms with Gasteiger partial charge in [0.05, 0.1) is 0 Å². The molecule has 0 aromatic rings. The molecular weight excluding hydrogens is 197 g/mol. The highest BCUT2D eigenvalue weighted by atomic mass is 27.2. The van der Waals surface area contributed by atoms with E-state index in [-0.39, 0.29) is 14.1 Å². The Balaban J connectivity index is 3.59. The zero-order chi connectivity index (χ0) is 11.5. The second-order valence-electron chi connectivity index (χ2n) is 4.61. The van der Waals surface area contributed by atoms with Crippen LogP contribution in [0.15, 0.2) is 0 Å². The highest BCUT2D eigenvalue weighted by molar-refractivity contribution is 6.58. The summed E-state index contributed by atoms with van der Waals surface area (Å²) < 4.78 is 0. The van der Waals surface area contributed by atoms with Crippen molar-refractivity contribution >= 4 is 14.1 Å². The summed E-state index contributed by atoms with van der Waals surface area (Å²) in [5.74, 6) is 0. The van der Waals surface area contributed by atoms with Crippen LogP contribution in [0.25, 0.3) is 0 Å². The van der Waals surface area contributed by atoms with Crippen LogP contribution in [-0.2, 0) is 0 Å². The van der Waals surface area contributed by atoms with E-state index in [1.54, 1.807) is 15.8 Å². The maximum Gasteiger partial charge on any atom is 0.261 e. The average Bonchev–Trinajstić information content (AvgIpc) is 2.25. The summed E-state index contributed by atoms with van der Waals surface area (Å²) in [7, 11) is 0. The molecule has 0 aliphatic rings. The van der Waals surface area contributed by atoms with E-state index in [0.29, 0.717) is 0 Å². The summed E-state index contributed by atoms with van der Waals surface area (Å²) in [5, 5.41) is 4.73. The summed E-state index contributed by atoms with van der Waals surface area (Å²) >= 11 is -0.341. The van der Waals surface area contributed by atoms with E-state index in [9.17, 15) is 0 Å². The standard InChI is InChI=1S/C7H16N.2C3H7.Al/c1-4-7-8(5-2)6-3;2*1-3-2;/h1,4-7H2,2-3H3;2*1,3H2,2H3;. The van der Waals surface area contributed by atoms with Crippen LogP contribution in [0, 0.1) is 0 Å². The van der Waals surface area contributed by atoms with Gasteiger partial charge in [-0.15, -0.1) is 0 Å². The Labute approximate surface area is 102 Å². The van der Waals surface area contributed by atoms with Crippen molar-refractivity contribution in [3.05, 3.63) is 0 Å². The first kappa shape index (κ1) is 15.5. The molecule has 0 radical (unpaired) electrons. The molecule has 0 atom stereocenters. The van der Waals surface area contributed by atoms with E-state index in [0.717, 1.165) is 0 Å². The minimum atomic E-state index is -0.341. The van der Waals surface area contributed by atoms with Crippen LogP contribution >= 0.6 is 0 Å². The summed E-state index contributed by atoms with van der Waals surface area (Å²) in [5.41, 5.74) is 0. The highest BCUT2D eigenvalue weighted by Gasteiger charge is 2.14. The third-order valence-electron chi connectivity index (χ3n) is 3.37. The first-order valence-electron chi connectivity index (χ1n) is 7.00. The molecule has 0 N–H and O–H groups in total. The smallest absolute Gasteiger partial charge is 0.261 e. The zero-order valence-electron chi connectivity index (χ0n) is 11.4. The van der Waals surface area contributed by atoms with E-state index in [1.165, 1.54) is 38.9 Å². The Morgan fingerprint density at radius 1 is 0.800 bits per heavy atom. The minimum Gasteiger partial charge on any atom is -0.304 e. The van der Waals surface area contributed by atoms with E-state index in [4.69, 9.17) is 0 Å². The van der Waals surface area contributed by atoms with Crippen LogP contribution in [0.3, 0.4) is 0 Å². The third-order valence-corrected chi connectivity index (χ3v) is 7.39. The quantitative estimate of drug-likeness (QED) is 0.509. The largest absolute Gasteiger partial charge is 0.304 e. The van der Waals surface area contributed by atoms with Crippen molar-refractivity contribution in [1.29, 1.82) is 0 Å². The molecule has 0 fully saturated rings. The van der Waals surface area contributed by atoms with Gasteiger partial charge in [0.2, 0.25) is 0 Å². The molecule has 90 valence electrons. The third kappa shape index (κ3) is 8.32. The fourth-order valence-corrected chi connectivity index (χ4v) is 5.65. The van der Waals surface area contributed by atoms with E-state index in [1.807, 2.05) is 0 Å². The Morgan fingerprint density at radius 3 is 1.73 bits per heavy atom. The minimum absolute atomic E-state index is 0.341. The molecule has 1 nitrogen and oxygen atoms in total. The second kappa shape index (κ2) is 11.0. The first-order valence-corrected chi connectivity index (χ1v) is 9.45. The van der Waals surface area contributed by atoms with Crippen LogP contribution < -0.4 is 0 Å². The molecular formula is C13H30AlN. The molecule has 0 aliphatic heterocycles. The fraction of sp³-hybridized carbons (Fsp3) is 1.00. The Bertz CT molecular complexity index is 118. The van der Waals surface area contributed by atoms with Gasteiger partial charge < -0.3 is 4.90 Å². The van der Waals surface area contributed by atoms with E-state index < -0.39 is 0 Å². The van der Waals surface area contributed by atoms with Crippen molar-refractivity contribution in [3.63, 3.8) is 0 Å². The molecule has 0 bridgehead atoms. The Hall–Kier alpha value is 0.492. The van der Waals surface area contributed by atoms with Gasteiger partial charge in [-0.1, -0.05) is 62.8 Å². The lowest BCUT2D eigenvalue weighted by Gasteiger charge is -2.18. The lowest BCUT2D eigenvalue weighted by molar-refractivity contribution is 0.304. The number of nitrogens with zero attached hydrogens (tertiary/aromatic N) is 1. The van der Waals surface area contributed by atoms with Crippen LogP contribution in [-0.4, -0.2) is 38.7 Å². The Kier molecular flexibility index (Phi) is 11.4. The molecule has 0 aliphatic carbocycles. The van der Waals surface area contributed by atoms with Crippen LogP contribution in [0.1, 0.15) is 47.0 Å². The predicted octanol–water partition coefficient (Wildman–Crippen LogP) is 4.03. The number of rotatable bonds is 10. The topological polar surface area (TPSA) is 3.24 Å². The maximum absolute atomic E-state index is 2.56. The SMILES string of the molecule is CC[CH2][Al]([CH2]CC)[CH2]CCN(CC)CC. The zero-order valence-corrected chi connectivity index (χ0v) is 12.5. The van der Waals surface area contributed by atoms with E-state index >= 15 is 0 Å². The molecule has 0 rings (SSSR count). The summed E-state index contributed by atoms with van der Waals surface area (Å²) in [6, 6.07) is 0. The van der Waals surface area contributed by atoms with Crippen LogP contribution in [0.2, 0.25) is 15.8 Å². The first-order chi connectivity index (χ1) is 7.28. The molecule has 15 heavy (non-hydrogen) atoms. The van der Waals surface area contributed by atoms with Crippen LogP contribution in [0.5, 0.6) is 0 Å². The van der Waals surface area contributed by atoms with Gasteiger partial charge in [-0.2, -0.15) is 0 Å². The molecule has 0 spiro atoms. The lowest BCUT2D eigenvalue weighted by Crippen LogP contribution is -2.25. The molecule has 0 aromatic heterocycles. The van der Waals surface area contributed by atoms with Crippen molar-refractivity contribution in [2.45, 2.75) is 62.8 Å². The monoisotopic (exact) mass is 227 g/mol. The van der Waals surface area contributed by atoms with Gasteiger partial charge in [0.15, 0.2) is 0 Å². The van der Waals surface area contributed by atoms with Gasteiger partial charge in [0, 0.05) is 0 Å². The Morgan fingerprint density at radius 2 is 1.33 bits per heavy atom. The van der Waals surface area contributed by atoms with Gasteiger partial charge in [-0.3, -0.25) is 0 Å². The molecule has 2 heteroatoms. The van der Waals surface area contributed by atoms with Gasteiger partial charge in [-0.05, 0) is 19.6 Å². The summed E-state index contributed by atoms with van der Waals surface area (Å²) in [6.45, 7) is 13.0. The van der Waals surface area contributed by atoms with Gasteiger partial charge in [0.1, 0.15) is 0 Å². The number of hydrogen-bond donors (Lipinski definition) is 0. The second-order valence-corrected chi connectivity index (χ2v) is 8.08. The van der Waals surface area contributed by atoms with Gasteiger partial charge in [0.25, 0.3) is 14.1 Å². The molecule has 0 heterocycles. The average molecular weight is 227 g/mol. The van der Waals surface area contributed by atoms with Crippen molar-refractivity contribution in [1.82, 2.24) is 4.90 Å². The summed E-state index contributed by atoms with van der Waals surface area (Å²) in [6.07, 6.45) is 4.29. The lowest BCUT2D eigenvalue weighted by atomic mass is 10.4. The maximum atomic E-state index is 2.56. The van der Waals surface area contributed by atoms with E-state index in [2.05, 4.69) is 32.6 Å². The molecule has 0 saturated heterocycles. The van der Waals surface area contributed by atoms with Crippen molar-refractivity contribution < 1.29 is 0 Å². The highest BCUT2D eigenvalue weighted by Crippen LogP contribution is 2.13. The van der Waals surface area contributed by atoms with Crippen molar-refractivity contribution in [2.75, 3.05) is 19.6 Å². The van der Waals surface area contributed by atoms with Crippen LogP contribution in [0.4, 0.5) is 0 Å². The molecule has 0 amide bonds. The summed E-state index contributed by atoms with van der Waals surface area (Å²) in [4.78, 5) is 2.56.